The van der Waals surface area contributed by atoms with E-state index in [2.05, 4.69) is 20.1 Å². The highest BCUT2D eigenvalue weighted by molar-refractivity contribution is 7.18. The molecule has 0 unspecified atom stereocenters. The molecule has 6 heteroatoms. The molecular weight excluding hydrogens is 296 g/mol. The lowest BCUT2D eigenvalue weighted by molar-refractivity contribution is 0.213. The quantitative estimate of drug-likeness (QED) is 0.545. The number of hydrogen-bond donors (Lipinski definition) is 0. The van der Waals surface area contributed by atoms with E-state index in [9.17, 15) is 0 Å². The van der Waals surface area contributed by atoms with Gasteiger partial charge in [0.25, 0.3) is 0 Å². The van der Waals surface area contributed by atoms with E-state index in [0.29, 0.717) is 0 Å². The summed E-state index contributed by atoms with van der Waals surface area (Å²) < 4.78 is 0. The third-order valence-electron chi connectivity index (χ3n) is 3.01. The Bertz CT molecular complexity index is 799. The summed E-state index contributed by atoms with van der Waals surface area (Å²) in [5.41, 5.74) is 3.40. The lowest BCUT2D eigenvalue weighted by Gasteiger charge is -2.01. The van der Waals surface area contributed by atoms with E-state index < -0.39 is 0 Å². The maximum atomic E-state index is 4.80. The molecule has 22 heavy (non-hydrogen) atoms. The summed E-state index contributed by atoms with van der Waals surface area (Å²) in [6.07, 6.45) is 5.39. The molecule has 0 spiro atoms. The average molecular weight is 310 g/mol. The van der Waals surface area contributed by atoms with Crippen LogP contribution in [0.25, 0.3) is 21.1 Å². The average Bonchev–Trinajstić information content (AvgIpc) is 3.06. The van der Waals surface area contributed by atoms with Gasteiger partial charge >= 0.3 is 0 Å². The van der Waals surface area contributed by atoms with E-state index in [1.165, 1.54) is 7.11 Å². The fourth-order valence-electron chi connectivity index (χ4n) is 1.97. The normalized spacial score (nSPS) is 11.5. The number of oxime groups is 1. The Morgan fingerprint density at radius 3 is 2.86 bits per heavy atom. The van der Waals surface area contributed by atoms with E-state index in [1.807, 2.05) is 49.6 Å². The minimum atomic E-state index is 0.737. The van der Waals surface area contributed by atoms with Crippen LogP contribution in [-0.4, -0.2) is 27.8 Å². The molecule has 0 aliphatic rings. The molecule has 0 amide bonds. The lowest BCUT2D eigenvalue weighted by atomic mass is 10.2. The van der Waals surface area contributed by atoms with E-state index in [1.54, 1.807) is 17.5 Å². The second-order valence-corrected chi connectivity index (χ2v) is 5.57. The zero-order valence-electron chi connectivity index (χ0n) is 12.2. The van der Waals surface area contributed by atoms with Crippen LogP contribution < -0.4 is 0 Å². The fourth-order valence-corrected chi connectivity index (χ4v) is 2.85. The van der Waals surface area contributed by atoms with Crippen molar-refractivity contribution in [2.24, 2.45) is 5.16 Å². The van der Waals surface area contributed by atoms with Gasteiger partial charge in [-0.15, -0.1) is 11.3 Å². The van der Waals surface area contributed by atoms with E-state index in [0.717, 1.165) is 32.5 Å². The van der Waals surface area contributed by atoms with Crippen LogP contribution in [0, 0.1) is 0 Å². The minimum absolute atomic E-state index is 0.737. The number of nitrogens with zero attached hydrogens (tertiary/aromatic N) is 4. The monoisotopic (exact) mass is 310 g/mol. The minimum Gasteiger partial charge on any atom is -0.399 e. The van der Waals surface area contributed by atoms with Crippen molar-refractivity contribution in [1.29, 1.82) is 0 Å². The summed E-state index contributed by atoms with van der Waals surface area (Å²) in [4.78, 5) is 19.0. The predicted molar refractivity (Wildman–Crippen MR) is 87.8 cm³/mol. The van der Waals surface area contributed by atoms with Crippen LogP contribution in [-0.2, 0) is 4.84 Å². The number of thiazole rings is 1. The van der Waals surface area contributed by atoms with Crippen LogP contribution in [0.15, 0.2) is 54.1 Å². The van der Waals surface area contributed by atoms with Crippen molar-refractivity contribution in [2.45, 2.75) is 6.92 Å². The molecule has 3 rings (SSSR count). The van der Waals surface area contributed by atoms with Crippen molar-refractivity contribution in [3.8, 4) is 21.1 Å². The fraction of sp³-hybridized carbons (Fsp3) is 0.125. The summed E-state index contributed by atoms with van der Waals surface area (Å²) in [6, 6.07) is 9.72. The number of hydrogen-bond acceptors (Lipinski definition) is 6. The second-order valence-electron chi connectivity index (χ2n) is 4.54. The zero-order chi connectivity index (χ0) is 15.4. The molecule has 0 aliphatic heterocycles. The van der Waals surface area contributed by atoms with E-state index in [4.69, 9.17) is 4.84 Å². The van der Waals surface area contributed by atoms with Gasteiger partial charge in [-0.05, 0) is 31.2 Å². The van der Waals surface area contributed by atoms with Crippen LogP contribution >= 0.6 is 11.3 Å². The summed E-state index contributed by atoms with van der Waals surface area (Å²) in [6.45, 7) is 1.86. The molecule has 3 aromatic heterocycles. The van der Waals surface area contributed by atoms with Crippen LogP contribution in [0.2, 0.25) is 0 Å². The van der Waals surface area contributed by atoms with Crippen molar-refractivity contribution in [3.63, 3.8) is 0 Å². The SMILES string of the molecule is CO/N=C(\C)c1cccc(-c2cnc(-c3cccnc3)s2)n1. The van der Waals surface area contributed by atoms with Gasteiger partial charge in [-0.25, -0.2) is 9.97 Å². The first-order chi connectivity index (χ1) is 10.8. The van der Waals surface area contributed by atoms with Gasteiger partial charge in [0.1, 0.15) is 17.8 Å². The molecule has 5 nitrogen and oxygen atoms in total. The maximum absolute atomic E-state index is 4.80. The van der Waals surface area contributed by atoms with Gasteiger partial charge in [0, 0.05) is 24.2 Å². The molecule has 3 aromatic rings. The Morgan fingerprint density at radius 2 is 2.09 bits per heavy atom. The summed E-state index contributed by atoms with van der Waals surface area (Å²) in [7, 11) is 1.52. The van der Waals surface area contributed by atoms with Crippen LogP contribution in [0.5, 0.6) is 0 Å². The highest BCUT2D eigenvalue weighted by Gasteiger charge is 2.09. The van der Waals surface area contributed by atoms with Crippen LogP contribution in [0.4, 0.5) is 0 Å². The first kappa shape index (κ1) is 14.3. The molecule has 0 saturated heterocycles. The van der Waals surface area contributed by atoms with Gasteiger partial charge in [-0.2, -0.15) is 0 Å². The number of rotatable bonds is 4. The first-order valence-corrected chi connectivity index (χ1v) is 7.51. The van der Waals surface area contributed by atoms with Gasteiger partial charge in [-0.1, -0.05) is 11.2 Å². The van der Waals surface area contributed by atoms with E-state index >= 15 is 0 Å². The molecular formula is C16H14N4OS. The number of pyridine rings is 2. The highest BCUT2D eigenvalue weighted by Crippen LogP contribution is 2.30. The molecule has 0 fully saturated rings. The third-order valence-corrected chi connectivity index (χ3v) is 4.08. The van der Waals surface area contributed by atoms with Crippen molar-refractivity contribution < 1.29 is 4.84 Å². The smallest absolute Gasteiger partial charge is 0.125 e. The summed E-state index contributed by atoms with van der Waals surface area (Å²) >= 11 is 1.59. The molecule has 3 heterocycles. The van der Waals surface area contributed by atoms with E-state index in [-0.39, 0.29) is 0 Å². The first-order valence-electron chi connectivity index (χ1n) is 6.69. The van der Waals surface area contributed by atoms with Crippen LogP contribution in [0.1, 0.15) is 12.6 Å². The summed E-state index contributed by atoms with van der Waals surface area (Å²) in [5.74, 6) is 0. The van der Waals surface area contributed by atoms with Gasteiger partial charge in [-0.3, -0.25) is 4.98 Å². The van der Waals surface area contributed by atoms with Crippen molar-refractivity contribution in [1.82, 2.24) is 15.0 Å². The Hall–Kier alpha value is -2.60. The molecule has 0 aromatic carbocycles. The third kappa shape index (κ3) is 3.01. The Balaban J connectivity index is 1.94. The molecule has 0 bridgehead atoms. The van der Waals surface area contributed by atoms with Crippen molar-refractivity contribution in [3.05, 3.63) is 54.6 Å². The maximum Gasteiger partial charge on any atom is 0.125 e. The summed E-state index contributed by atoms with van der Waals surface area (Å²) in [5, 5.41) is 4.84. The molecule has 0 atom stereocenters. The Labute approximate surface area is 132 Å². The molecule has 110 valence electrons. The zero-order valence-corrected chi connectivity index (χ0v) is 13.0. The van der Waals surface area contributed by atoms with Gasteiger partial charge < -0.3 is 4.84 Å². The van der Waals surface area contributed by atoms with Gasteiger partial charge in [0.15, 0.2) is 0 Å². The standard InChI is InChI=1S/C16H14N4OS/c1-11(20-21-2)13-6-3-7-14(19-13)15-10-18-16(22-15)12-5-4-8-17-9-12/h3-10H,1-2H3/b20-11+. The molecule has 0 aliphatic carbocycles. The topological polar surface area (TPSA) is 60.3 Å². The Kier molecular flexibility index (Phi) is 4.20. The lowest BCUT2D eigenvalue weighted by Crippen LogP contribution is -1.99. The van der Waals surface area contributed by atoms with Gasteiger partial charge in [0.05, 0.1) is 16.3 Å². The largest absolute Gasteiger partial charge is 0.399 e. The van der Waals surface area contributed by atoms with Crippen molar-refractivity contribution >= 4 is 17.0 Å². The molecule has 0 N–H and O–H groups in total. The second kappa shape index (κ2) is 6.44. The van der Waals surface area contributed by atoms with Crippen molar-refractivity contribution in [2.75, 3.05) is 7.11 Å². The highest BCUT2D eigenvalue weighted by atomic mass is 32.1. The Morgan fingerprint density at radius 1 is 1.18 bits per heavy atom. The van der Waals surface area contributed by atoms with Gasteiger partial charge in [0.2, 0.25) is 0 Å². The van der Waals surface area contributed by atoms with Crippen LogP contribution in [0.3, 0.4) is 0 Å². The predicted octanol–water partition coefficient (Wildman–Crippen LogP) is 3.64. The molecule has 0 saturated carbocycles. The molecule has 0 radical (unpaired) electrons. The number of aromatic nitrogens is 3.